The van der Waals surface area contributed by atoms with Crippen LogP contribution in [0.4, 0.5) is 4.39 Å². The fourth-order valence-corrected chi connectivity index (χ4v) is 3.70. The van der Waals surface area contributed by atoms with Crippen molar-refractivity contribution in [3.8, 4) is 0 Å². The van der Waals surface area contributed by atoms with E-state index in [0.717, 1.165) is 12.8 Å². The molecule has 0 radical (unpaired) electrons. The standard InChI is InChI=1S/C15H20FNO2/c16-13-4-1-3-12-11(13)5-7-15(12,18)14(9-17)6-2-8-19-10-14/h1,3-4,18H,2,5-10,17H2. The van der Waals surface area contributed by atoms with E-state index < -0.39 is 11.0 Å². The third-order valence-corrected chi connectivity index (χ3v) is 4.89. The van der Waals surface area contributed by atoms with Gasteiger partial charge in [-0.25, -0.2) is 4.39 Å². The van der Waals surface area contributed by atoms with Gasteiger partial charge in [-0.15, -0.1) is 0 Å². The van der Waals surface area contributed by atoms with E-state index in [-0.39, 0.29) is 5.82 Å². The Morgan fingerprint density at radius 2 is 2.21 bits per heavy atom. The van der Waals surface area contributed by atoms with Crippen LogP contribution in [0.25, 0.3) is 0 Å². The molecule has 4 heteroatoms. The Morgan fingerprint density at radius 1 is 1.37 bits per heavy atom. The minimum Gasteiger partial charge on any atom is -0.384 e. The lowest BCUT2D eigenvalue weighted by atomic mass is 9.66. The fourth-order valence-electron chi connectivity index (χ4n) is 3.70. The van der Waals surface area contributed by atoms with Gasteiger partial charge in [0.05, 0.1) is 12.2 Å². The summed E-state index contributed by atoms with van der Waals surface area (Å²) in [6.07, 6.45) is 2.82. The summed E-state index contributed by atoms with van der Waals surface area (Å²) >= 11 is 0. The minimum atomic E-state index is -1.06. The lowest BCUT2D eigenvalue weighted by molar-refractivity contribution is -0.148. The smallest absolute Gasteiger partial charge is 0.126 e. The Kier molecular flexibility index (Phi) is 3.12. The van der Waals surface area contributed by atoms with Crippen LogP contribution in [-0.4, -0.2) is 24.9 Å². The van der Waals surface area contributed by atoms with Gasteiger partial charge in [0.15, 0.2) is 0 Å². The molecule has 104 valence electrons. The highest BCUT2D eigenvalue weighted by atomic mass is 19.1. The molecule has 1 aliphatic carbocycles. The number of rotatable bonds is 2. The topological polar surface area (TPSA) is 55.5 Å². The largest absolute Gasteiger partial charge is 0.384 e. The molecule has 1 aromatic carbocycles. The molecule has 2 atom stereocenters. The van der Waals surface area contributed by atoms with Gasteiger partial charge >= 0.3 is 0 Å². The number of halogens is 1. The fraction of sp³-hybridized carbons (Fsp3) is 0.600. The molecule has 1 saturated heterocycles. The summed E-state index contributed by atoms with van der Waals surface area (Å²) in [4.78, 5) is 0. The summed E-state index contributed by atoms with van der Waals surface area (Å²) < 4.78 is 19.4. The molecule has 0 spiro atoms. The van der Waals surface area contributed by atoms with Gasteiger partial charge in [0.1, 0.15) is 5.82 Å². The first-order valence-corrected chi connectivity index (χ1v) is 6.91. The quantitative estimate of drug-likeness (QED) is 0.856. The molecule has 1 fully saturated rings. The van der Waals surface area contributed by atoms with Crippen LogP contribution in [0.2, 0.25) is 0 Å². The monoisotopic (exact) mass is 265 g/mol. The van der Waals surface area contributed by atoms with E-state index >= 15 is 0 Å². The number of ether oxygens (including phenoxy) is 1. The number of fused-ring (bicyclic) bond motifs is 1. The first-order chi connectivity index (χ1) is 9.13. The van der Waals surface area contributed by atoms with Gasteiger partial charge in [-0.3, -0.25) is 0 Å². The number of hydrogen-bond donors (Lipinski definition) is 2. The molecule has 1 heterocycles. The van der Waals surface area contributed by atoms with Crippen LogP contribution >= 0.6 is 0 Å². The van der Waals surface area contributed by atoms with Crippen molar-refractivity contribution in [2.75, 3.05) is 19.8 Å². The normalized spacial score (nSPS) is 34.3. The summed E-state index contributed by atoms with van der Waals surface area (Å²) in [5.41, 5.74) is 5.78. The third-order valence-electron chi connectivity index (χ3n) is 4.89. The Balaban J connectivity index is 2.08. The van der Waals surface area contributed by atoms with E-state index in [1.165, 1.54) is 6.07 Å². The average molecular weight is 265 g/mol. The van der Waals surface area contributed by atoms with Crippen molar-refractivity contribution in [1.82, 2.24) is 0 Å². The Hall–Kier alpha value is -0.970. The Bertz CT molecular complexity index is 485. The SMILES string of the molecule is NCC1(C2(O)CCc3c(F)cccc32)CCCOC1. The van der Waals surface area contributed by atoms with Gasteiger partial charge in [0, 0.05) is 18.6 Å². The second-order valence-electron chi connectivity index (χ2n) is 5.77. The Labute approximate surface area is 112 Å². The van der Waals surface area contributed by atoms with Gasteiger partial charge in [-0.1, -0.05) is 12.1 Å². The first kappa shape index (κ1) is 13.0. The number of hydrogen-bond acceptors (Lipinski definition) is 3. The highest BCUT2D eigenvalue weighted by Gasteiger charge is 2.54. The molecular formula is C15H20FNO2. The summed E-state index contributed by atoms with van der Waals surface area (Å²) in [5, 5.41) is 11.2. The van der Waals surface area contributed by atoms with Gasteiger partial charge in [0.25, 0.3) is 0 Å². The summed E-state index contributed by atoms with van der Waals surface area (Å²) in [5.74, 6) is -0.225. The molecule has 2 aliphatic rings. The number of nitrogens with two attached hydrogens (primary N) is 1. The van der Waals surface area contributed by atoms with Crippen molar-refractivity contribution in [1.29, 1.82) is 0 Å². The molecule has 0 bridgehead atoms. The molecule has 3 rings (SSSR count). The van der Waals surface area contributed by atoms with Crippen molar-refractivity contribution >= 4 is 0 Å². The molecule has 3 N–H and O–H groups in total. The number of benzene rings is 1. The van der Waals surface area contributed by atoms with Crippen LogP contribution in [0, 0.1) is 11.2 Å². The highest BCUT2D eigenvalue weighted by Crippen LogP contribution is 2.52. The summed E-state index contributed by atoms with van der Waals surface area (Å²) in [6.45, 7) is 1.53. The molecular weight excluding hydrogens is 245 g/mol. The van der Waals surface area contributed by atoms with E-state index in [1.54, 1.807) is 6.07 Å². The minimum absolute atomic E-state index is 0.225. The predicted molar refractivity (Wildman–Crippen MR) is 70.2 cm³/mol. The van der Waals surface area contributed by atoms with Gasteiger partial charge < -0.3 is 15.6 Å². The zero-order valence-electron chi connectivity index (χ0n) is 11.0. The third kappa shape index (κ3) is 1.74. The second-order valence-corrected chi connectivity index (χ2v) is 5.77. The van der Waals surface area contributed by atoms with Gasteiger partial charge in [-0.2, -0.15) is 0 Å². The van der Waals surface area contributed by atoms with Crippen LogP contribution in [0.1, 0.15) is 30.4 Å². The van der Waals surface area contributed by atoms with Crippen LogP contribution in [0.15, 0.2) is 18.2 Å². The maximum absolute atomic E-state index is 13.9. The predicted octanol–water partition coefficient (Wildman–Crippen LogP) is 1.72. The van der Waals surface area contributed by atoms with Gasteiger partial charge in [0.2, 0.25) is 0 Å². The summed E-state index contributed by atoms with van der Waals surface area (Å²) in [6, 6.07) is 4.95. The molecule has 1 aliphatic heterocycles. The lowest BCUT2D eigenvalue weighted by Gasteiger charge is -2.47. The first-order valence-electron chi connectivity index (χ1n) is 6.91. The van der Waals surface area contributed by atoms with Crippen molar-refractivity contribution in [2.45, 2.75) is 31.3 Å². The molecule has 0 aromatic heterocycles. The average Bonchev–Trinajstić information content (AvgIpc) is 2.80. The molecule has 0 saturated carbocycles. The van der Waals surface area contributed by atoms with Crippen molar-refractivity contribution in [2.24, 2.45) is 11.1 Å². The molecule has 3 nitrogen and oxygen atoms in total. The zero-order chi connectivity index (χ0) is 13.5. The van der Waals surface area contributed by atoms with Crippen molar-refractivity contribution in [3.63, 3.8) is 0 Å². The van der Waals surface area contributed by atoms with E-state index in [2.05, 4.69) is 0 Å². The molecule has 0 amide bonds. The van der Waals surface area contributed by atoms with E-state index in [9.17, 15) is 9.50 Å². The molecule has 19 heavy (non-hydrogen) atoms. The van der Waals surface area contributed by atoms with Crippen LogP contribution < -0.4 is 5.73 Å². The van der Waals surface area contributed by atoms with E-state index in [1.807, 2.05) is 6.07 Å². The van der Waals surface area contributed by atoms with Crippen molar-refractivity contribution in [3.05, 3.63) is 35.1 Å². The van der Waals surface area contributed by atoms with Crippen LogP contribution in [0.3, 0.4) is 0 Å². The van der Waals surface area contributed by atoms with Crippen LogP contribution in [0.5, 0.6) is 0 Å². The van der Waals surface area contributed by atoms with Gasteiger partial charge in [-0.05, 0) is 42.9 Å². The Morgan fingerprint density at radius 3 is 2.89 bits per heavy atom. The van der Waals surface area contributed by atoms with E-state index in [0.29, 0.717) is 43.7 Å². The zero-order valence-corrected chi connectivity index (χ0v) is 11.0. The second kappa shape index (κ2) is 4.54. The maximum atomic E-state index is 13.9. The summed E-state index contributed by atoms with van der Waals surface area (Å²) in [7, 11) is 0. The highest BCUT2D eigenvalue weighted by molar-refractivity contribution is 5.40. The molecule has 2 unspecified atom stereocenters. The lowest BCUT2D eigenvalue weighted by Crippen LogP contribution is -2.54. The van der Waals surface area contributed by atoms with Crippen LogP contribution in [-0.2, 0) is 16.8 Å². The van der Waals surface area contributed by atoms with Crippen molar-refractivity contribution < 1.29 is 14.2 Å². The maximum Gasteiger partial charge on any atom is 0.126 e. The number of aliphatic hydroxyl groups is 1. The van der Waals surface area contributed by atoms with E-state index in [4.69, 9.17) is 10.5 Å². The molecule has 1 aromatic rings.